The second kappa shape index (κ2) is 24.6. The van der Waals surface area contributed by atoms with Crippen LogP contribution in [0, 0.1) is 105 Å². The van der Waals surface area contributed by atoms with E-state index in [1.165, 1.54) is 27.7 Å². The van der Waals surface area contributed by atoms with Crippen molar-refractivity contribution < 1.29 is 98.0 Å². The number of rotatable bonds is 12. The van der Waals surface area contributed by atoms with Gasteiger partial charge in [-0.2, -0.15) is 17.6 Å². The molecule has 0 radical (unpaired) electrons. The fourth-order valence-electron chi connectivity index (χ4n) is 4.58. The second-order valence-corrected chi connectivity index (χ2v) is 13.6. The van der Waals surface area contributed by atoms with Crippen LogP contribution < -0.4 is 9.47 Å². The van der Waals surface area contributed by atoms with Crippen molar-refractivity contribution in [2.24, 2.45) is 0 Å². The molecule has 0 fully saturated rings. The SMILES string of the molecule is C=Cc1c(F)c(F)c(C(C)C)c(F)c1F.C=Cc1c(F)c(F)c(OCOC(C)C)c(F)c1F.CC(C)OCOc1c(F)c(F)c(F)c(F)c1F.CC(C)c1c(F)c(F)c(F)c(F)c1F. The molecule has 0 saturated heterocycles. The lowest BCUT2D eigenvalue weighted by Crippen LogP contribution is -2.13. The summed E-state index contributed by atoms with van der Waals surface area (Å²) in [6.07, 6.45) is 0.876. The Balaban J connectivity index is 0.000000429. The van der Waals surface area contributed by atoms with Crippen molar-refractivity contribution in [2.75, 3.05) is 13.6 Å². The predicted molar refractivity (Wildman–Crippen MR) is 197 cm³/mol. The van der Waals surface area contributed by atoms with Crippen molar-refractivity contribution in [2.45, 2.75) is 79.4 Å². The van der Waals surface area contributed by atoms with E-state index in [0.717, 1.165) is 6.08 Å². The Labute approximate surface area is 354 Å². The van der Waals surface area contributed by atoms with Crippen LogP contribution in [0.1, 0.15) is 89.5 Å². The lowest BCUT2D eigenvalue weighted by molar-refractivity contribution is -0.0243. The Kier molecular flexibility index (Phi) is 21.8. The van der Waals surface area contributed by atoms with E-state index in [1.807, 2.05) is 0 Å². The molecule has 4 rings (SSSR count). The Morgan fingerprint density at radius 2 is 0.531 bits per heavy atom. The lowest BCUT2D eigenvalue weighted by atomic mass is 9.99. The van der Waals surface area contributed by atoms with Crippen LogP contribution in [0.3, 0.4) is 0 Å². The fourth-order valence-corrected chi connectivity index (χ4v) is 4.58. The molecule has 0 aliphatic rings. The van der Waals surface area contributed by atoms with Gasteiger partial charge < -0.3 is 18.9 Å². The summed E-state index contributed by atoms with van der Waals surface area (Å²) in [6.45, 7) is 17.2. The number of halogens is 18. The summed E-state index contributed by atoms with van der Waals surface area (Å²) in [6, 6.07) is 0. The summed E-state index contributed by atoms with van der Waals surface area (Å²) in [4.78, 5) is 0. The average Bonchev–Trinajstić information content (AvgIpc) is 3.22. The Hall–Kier alpha value is -5.38. The minimum absolute atomic E-state index is 0.252. The zero-order valence-electron chi connectivity index (χ0n) is 34.7. The van der Waals surface area contributed by atoms with Crippen molar-refractivity contribution in [1.29, 1.82) is 0 Å². The highest BCUT2D eigenvalue weighted by Crippen LogP contribution is 2.33. The van der Waals surface area contributed by atoms with Gasteiger partial charge in [0.05, 0.1) is 23.3 Å². The monoisotopic (exact) mass is 948 g/mol. The fraction of sp³-hybridized carbons (Fsp3) is 0.333. The maximum atomic E-state index is 13.4. The van der Waals surface area contributed by atoms with Crippen molar-refractivity contribution in [1.82, 2.24) is 0 Å². The molecule has 22 heteroatoms. The van der Waals surface area contributed by atoms with E-state index in [4.69, 9.17) is 9.47 Å². The van der Waals surface area contributed by atoms with Crippen LogP contribution in [-0.2, 0) is 9.47 Å². The van der Waals surface area contributed by atoms with Crippen molar-refractivity contribution in [3.05, 3.63) is 140 Å². The average molecular weight is 949 g/mol. The molecular weight excluding hydrogens is 910 g/mol. The predicted octanol–water partition coefficient (Wildman–Crippen LogP) is 14.3. The third-order valence-corrected chi connectivity index (χ3v) is 7.77. The van der Waals surface area contributed by atoms with E-state index in [-0.39, 0.29) is 12.2 Å². The largest absolute Gasteiger partial charge is 0.461 e. The van der Waals surface area contributed by atoms with Gasteiger partial charge in [0.15, 0.2) is 83.3 Å². The summed E-state index contributed by atoms with van der Waals surface area (Å²) in [7, 11) is 0. The van der Waals surface area contributed by atoms with E-state index in [9.17, 15) is 79.0 Å². The van der Waals surface area contributed by atoms with Crippen molar-refractivity contribution in [3.8, 4) is 11.5 Å². The van der Waals surface area contributed by atoms with Crippen LogP contribution in [-0.4, -0.2) is 25.8 Å². The van der Waals surface area contributed by atoms with Gasteiger partial charge in [-0.15, -0.1) is 0 Å². The summed E-state index contributed by atoms with van der Waals surface area (Å²) in [5.74, 6) is -35.5. The minimum atomic E-state index is -2.22. The van der Waals surface area contributed by atoms with Crippen LogP contribution in [0.25, 0.3) is 12.2 Å². The summed E-state index contributed by atoms with van der Waals surface area (Å²) >= 11 is 0. The van der Waals surface area contributed by atoms with Gasteiger partial charge in [0, 0.05) is 11.1 Å². The highest BCUT2D eigenvalue weighted by Gasteiger charge is 2.29. The van der Waals surface area contributed by atoms with E-state index >= 15 is 0 Å². The van der Waals surface area contributed by atoms with E-state index in [0.29, 0.717) is 6.08 Å². The first-order valence-electron chi connectivity index (χ1n) is 18.0. The summed E-state index contributed by atoms with van der Waals surface area (Å²) in [5.41, 5.74) is -2.99. The van der Waals surface area contributed by atoms with E-state index in [2.05, 4.69) is 22.6 Å². The molecule has 356 valence electrons. The first kappa shape index (κ1) is 56.6. The molecule has 0 saturated carbocycles. The zero-order valence-corrected chi connectivity index (χ0v) is 34.7. The number of hydrogen-bond donors (Lipinski definition) is 0. The van der Waals surface area contributed by atoms with E-state index < -0.39 is 164 Å². The molecule has 0 unspecified atom stereocenters. The molecule has 0 atom stereocenters. The van der Waals surface area contributed by atoms with Gasteiger partial charge >= 0.3 is 0 Å². The van der Waals surface area contributed by atoms with Crippen LogP contribution in [0.15, 0.2) is 13.2 Å². The lowest BCUT2D eigenvalue weighted by Gasteiger charge is -2.12. The van der Waals surface area contributed by atoms with Crippen molar-refractivity contribution >= 4 is 12.2 Å². The van der Waals surface area contributed by atoms with Crippen molar-refractivity contribution in [3.63, 3.8) is 0 Å². The maximum absolute atomic E-state index is 13.4. The molecule has 0 bridgehead atoms. The molecule has 0 aliphatic heterocycles. The zero-order chi connectivity index (χ0) is 49.8. The van der Waals surface area contributed by atoms with Gasteiger partial charge in [0.25, 0.3) is 0 Å². The molecule has 4 aromatic rings. The summed E-state index contributed by atoms with van der Waals surface area (Å²) in [5, 5.41) is 0. The Bertz CT molecular complexity index is 2180. The molecular formula is C42H38F18O4. The molecule has 0 heterocycles. The number of benzene rings is 4. The maximum Gasteiger partial charge on any atom is 0.207 e. The van der Waals surface area contributed by atoms with Crippen LogP contribution in [0.5, 0.6) is 11.5 Å². The third kappa shape index (κ3) is 13.3. The first-order chi connectivity index (χ1) is 29.5. The number of hydrogen-bond acceptors (Lipinski definition) is 4. The van der Waals surface area contributed by atoms with Gasteiger partial charge in [-0.25, -0.2) is 61.5 Å². The smallest absolute Gasteiger partial charge is 0.207 e. The molecule has 0 spiro atoms. The molecule has 4 aromatic carbocycles. The van der Waals surface area contributed by atoms with Gasteiger partial charge in [0.2, 0.25) is 46.5 Å². The highest BCUT2D eigenvalue weighted by molar-refractivity contribution is 5.52. The second-order valence-electron chi connectivity index (χ2n) is 13.6. The standard InChI is InChI=1S/C12H12F4O2.C11H10F4.C10H9F5O2.C9H7F5/c1-4-7-8(13)10(15)12(11(16)9(7)14)18-5-17-6(2)3;1-4-6-8(12)10(14)7(5(2)3)11(15)9(6)13;1-4(2)16-3-17-10-8(14)6(12)5(11)7(13)9(10)15;1-3(2)4-5(10)7(12)9(14)8(13)6(4)11/h4,6H,1,5H2,2-3H3;4-5H,1H2,2-3H3;4H,3H2,1-2H3;3H,1-2H3. The van der Waals surface area contributed by atoms with E-state index in [1.54, 1.807) is 27.7 Å². The molecule has 4 nitrogen and oxygen atoms in total. The van der Waals surface area contributed by atoms with Gasteiger partial charge in [-0.3, -0.25) is 0 Å². The first-order valence-corrected chi connectivity index (χ1v) is 18.0. The molecule has 64 heavy (non-hydrogen) atoms. The Morgan fingerprint density at radius 3 is 0.766 bits per heavy atom. The van der Waals surface area contributed by atoms with Gasteiger partial charge in [0.1, 0.15) is 0 Å². The molecule has 0 amide bonds. The molecule has 0 N–H and O–H groups in total. The quantitative estimate of drug-likeness (QED) is 0.0614. The van der Waals surface area contributed by atoms with Crippen LogP contribution in [0.2, 0.25) is 0 Å². The highest BCUT2D eigenvalue weighted by atomic mass is 19.2. The summed E-state index contributed by atoms with van der Waals surface area (Å²) < 4.78 is 253. The minimum Gasteiger partial charge on any atom is -0.461 e. The Morgan fingerprint density at radius 1 is 0.328 bits per heavy atom. The topological polar surface area (TPSA) is 36.9 Å². The third-order valence-electron chi connectivity index (χ3n) is 7.77. The normalized spacial score (nSPS) is 11.0. The van der Waals surface area contributed by atoms with Crippen LogP contribution >= 0.6 is 0 Å². The molecule has 0 aromatic heterocycles. The molecule has 0 aliphatic carbocycles. The number of ether oxygens (including phenoxy) is 4. The van der Waals surface area contributed by atoms with Gasteiger partial charge in [-0.05, 0) is 39.5 Å². The van der Waals surface area contributed by atoms with Gasteiger partial charge in [-0.1, -0.05) is 53.0 Å². The van der Waals surface area contributed by atoms with Crippen LogP contribution in [0.4, 0.5) is 79.0 Å².